The zero-order valence-corrected chi connectivity index (χ0v) is 20.5. The van der Waals surface area contributed by atoms with Crippen LogP contribution < -0.4 is 4.90 Å². The minimum Gasteiger partial charge on any atom is -0.395 e. The Morgan fingerprint density at radius 2 is 1.91 bits per heavy atom. The molecule has 0 spiro atoms. The number of aryl methyl sites for hydroxylation is 1. The highest BCUT2D eigenvalue weighted by atomic mass is 127. The molecule has 6 nitrogen and oxygen atoms in total. The van der Waals surface area contributed by atoms with E-state index in [1.54, 1.807) is 0 Å². The molecule has 166 valence electrons. The summed E-state index contributed by atoms with van der Waals surface area (Å²) in [4.78, 5) is 9.70. The molecule has 2 aromatic heterocycles. The molecule has 0 atom stereocenters. The maximum absolute atomic E-state index is 9.28. The van der Waals surface area contributed by atoms with Gasteiger partial charge in [0.1, 0.15) is 5.82 Å². The number of aromatic nitrogens is 3. The van der Waals surface area contributed by atoms with Gasteiger partial charge in [-0.1, -0.05) is 49.6 Å². The van der Waals surface area contributed by atoms with E-state index in [0.717, 1.165) is 69.3 Å². The second-order valence-corrected chi connectivity index (χ2v) is 9.25. The van der Waals surface area contributed by atoms with Crippen molar-refractivity contribution in [3.05, 3.63) is 76.5 Å². The number of halogens is 1. The molecular formula is C25H28IN5O. The molecule has 3 aromatic rings. The Kier molecular flexibility index (Phi) is 7.07. The molecule has 1 saturated heterocycles. The predicted octanol–water partition coefficient (Wildman–Crippen LogP) is 4.34. The summed E-state index contributed by atoms with van der Waals surface area (Å²) in [5.41, 5.74) is 5.67. The molecule has 1 aromatic carbocycles. The van der Waals surface area contributed by atoms with Crippen molar-refractivity contribution in [2.45, 2.75) is 6.92 Å². The zero-order valence-electron chi connectivity index (χ0n) is 18.3. The Labute approximate surface area is 202 Å². The van der Waals surface area contributed by atoms with Crippen molar-refractivity contribution in [1.82, 2.24) is 19.5 Å². The monoisotopic (exact) mass is 541 g/mol. The lowest BCUT2D eigenvalue weighted by molar-refractivity contribution is 0.188. The van der Waals surface area contributed by atoms with Crippen LogP contribution in [0.3, 0.4) is 0 Å². The fourth-order valence-electron chi connectivity index (χ4n) is 4.17. The number of anilines is 1. The first kappa shape index (κ1) is 22.7. The van der Waals surface area contributed by atoms with Gasteiger partial charge >= 0.3 is 0 Å². The number of aliphatic hydroxyl groups is 1. The Balaban J connectivity index is 1.88. The first-order valence-electron chi connectivity index (χ1n) is 10.7. The topological polar surface area (TPSA) is 56.9 Å². The molecule has 0 saturated carbocycles. The van der Waals surface area contributed by atoms with Crippen LogP contribution >= 0.6 is 22.6 Å². The third-order valence-corrected chi connectivity index (χ3v) is 6.06. The Morgan fingerprint density at radius 1 is 1.19 bits per heavy atom. The highest BCUT2D eigenvalue weighted by Crippen LogP contribution is 2.32. The second kappa shape index (κ2) is 9.97. The quantitative estimate of drug-likeness (QED) is 0.357. The van der Waals surface area contributed by atoms with Crippen LogP contribution in [0.5, 0.6) is 0 Å². The standard InChI is InChI=1S/C25H28IN5O/c1-4-20(16-18(2)26)24-19(3)28-31-23(30-12-10-29(11-13-30)14-15-32)17-22(27-25(24)31)21-8-6-5-7-9-21/h4-9,16-17,32H,1-2,10-15H2,3H3/b20-16+. The lowest BCUT2D eigenvalue weighted by Crippen LogP contribution is -2.47. The molecule has 32 heavy (non-hydrogen) atoms. The molecule has 1 aliphatic heterocycles. The molecule has 0 unspecified atom stereocenters. The number of piperazine rings is 1. The fourth-order valence-corrected chi connectivity index (χ4v) is 4.51. The number of allylic oxidation sites excluding steroid dienone is 4. The molecule has 1 aliphatic rings. The van der Waals surface area contributed by atoms with E-state index < -0.39 is 0 Å². The van der Waals surface area contributed by atoms with Gasteiger partial charge in [0.05, 0.1) is 18.0 Å². The minimum atomic E-state index is 0.193. The normalized spacial score (nSPS) is 15.3. The Morgan fingerprint density at radius 3 is 2.53 bits per heavy atom. The molecule has 0 radical (unpaired) electrons. The lowest BCUT2D eigenvalue weighted by Gasteiger charge is -2.35. The third-order valence-electron chi connectivity index (χ3n) is 5.75. The summed E-state index contributed by atoms with van der Waals surface area (Å²) in [6, 6.07) is 12.4. The minimum absolute atomic E-state index is 0.193. The summed E-state index contributed by atoms with van der Waals surface area (Å²) < 4.78 is 2.89. The molecule has 1 N–H and O–H groups in total. The van der Waals surface area contributed by atoms with Crippen molar-refractivity contribution < 1.29 is 5.11 Å². The molecule has 0 aliphatic carbocycles. The van der Waals surface area contributed by atoms with E-state index >= 15 is 0 Å². The number of rotatable bonds is 7. The summed E-state index contributed by atoms with van der Waals surface area (Å²) >= 11 is 2.21. The smallest absolute Gasteiger partial charge is 0.166 e. The van der Waals surface area contributed by atoms with Gasteiger partial charge in [-0.3, -0.25) is 4.90 Å². The van der Waals surface area contributed by atoms with Gasteiger partial charge in [-0.2, -0.15) is 9.61 Å². The van der Waals surface area contributed by atoms with Gasteiger partial charge < -0.3 is 10.0 Å². The van der Waals surface area contributed by atoms with Crippen LogP contribution in [-0.2, 0) is 0 Å². The molecule has 0 amide bonds. The van der Waals surface area contributed by atoms with Crippen molar-refractivity contribution in [3.8, 4) is 11.3 Å². The summed E-state index contributed by atoms with van der Waals surface area (Å²) in [6.07, 6.45) is 3.86. The molecule has 0 bridgehead atoms. The van der Waals surface area contributed by atoms with Crippen LogP contribution in [0.4, 0.5) is 5.82 Å². The van der Waals surface area contributed by atoms with Crippen LogP contribution in [0.25, 0.3) is 22.5 Å². The van der Waals surface area contributed by atoms with E-state index in [1.165, 1.54) is 0 Å². The Hall–Kier alpha value is -2.49. The highest BCUT2D eigenvalue weighted by molar-refractivity contribution is 14.1. The summed E-state index contributed by atoms with van der Waals surface area (Å²) in [5, 5.41) is 14.2. The highest BCUT2D eigenvalue weighted by Gasteiger charge is 2.23. The van der Waals surface area contributed by atoms with E-state index in [9.17, 15) is 5.11 Å². The first-order valence-corrected chi connectivity index (χ1v) is 11.8. The lowest BCUT2D eigenvalue weighted by atomic mass is 10.1. The number of fused-ring (bicyclic) bond motifs is 1. The number of nitrogens with zero attached hydrogens (tertiary/aromatic N) is 5. The average molecular weight is 541 g/mol. The summed E-state index contributed by atoms with van der Waals surface area (Å²) in [6.45, 7) is 14.5. The van der Waals surface area contributed by atoms with E-state index in [-0.39, 0.29) is 6.61 Å². The van der Waals surface area contributed by atoms with E-state index in [1.807, 2.05) is 41.8 Å². The van der Waals surface area contributed by atoms with Crippen LogP contribution in [0.1, 0.15) is 11.3 Å². The maximum Gasteiger partial charge on any atom is 0.166 e. The van der Waals surface area contributed by atoms with E-state index in [2.05, 4.69) is 63.7 Å². The number of hydrogen-bond donors (Lipinski definition) is 1. The second-order valence-electron chi connectivity index (χ2n) is 7.86. The number of hydrogen-bond acceptors (Lipinski definition) is 5. The number of β-amino-alcohol motifs (C(OH)–C–C–N with tert-alkyl or cyclic N) is 1. The SMILES string of the molecule is C=C/C(=C\C(=C)I)c1c(C)nn2c(N3CCN(CCO)CC3)cc(-c3ccccc3)nc12. The van der Waals surface area contributed by atoms with Gasteiger partial charge in [0.2, 0.25) is 0 Å². The maximum atomic E-state index is 9.28. The van der Waals surface area contributed by atoms with Gasteiger partial charge in [0.25, 0.3) is 0 Å². The van der Waals surface area contributed by atoms with Gasteiger partial charge in [0.15, 0.2) is 5.65 Å². The van der Waals surface area contributed by atoms with Crippen LogP contribution in [0.15, 0.2) is 65.3 Å². The van der Waals surface area contributed by atoms with Gasteiger partial charge in [-0.25, -0.2) is 4.98 Å². The molecular weight excluding hydrogens is 513 g/mol. The van der Waals surface area contributed by atoms with Gasteiger partial charge in [-0.05, 0) is 41.2 Å². The zero-order chi connectivity index (χ0) is 22.7. The molecule has 1 fully saturated rings. The van der Waals surface area contributed by atoms with Crippen molar-refractivity contribution in [3.63, 3.8) is 0 Å². The van der Waals surface area contributed by atoms with Crippen molar-refractivity contribution in [2.75, 3.05) is 44.2 Å². The summed E-state index contributed by atoms with van der Waals surface area (Å²) in [5.74, 6) is 1.03. The average Bonchev–Trinajstić information content (AvgIpc) is 3.13. The third kappa shape index (κ3) is 4.65. The van der Waals surface area contributed by atoms with Crippen LogP contribution in [-0.4, -0.2) is 63.9 Å². The van der Waals surface area contributed by atoms with Gasteiger partial charge in [-0.15, -0.1) is 0 Å². The predicted molar refractivity (Wildman–Crippen MR) is 140 cm³/mol. The van der Waals surface area contributed by atoms with Crippen LogP contribution in [0, 0.1) is 6.92 Å². The summed E-state index contributed by atoms with van der Waals surface area (Å²) in [7, 11) is 0. The van der Waals surface area contributed by atoms with Gasteiger partial charge in [0, 0.05) is 53.5 Å². The van der Waals surface area contributed by atoms with Crippen molar-refractivity contribution >= 4 is 39.6 Å². The number of aliphatic hydroxyl groups excluding tert-OH is 1. The van der Waals surface area contributed by atoms with Crippen molar-refractivity contribution in [1.29, 1.82) is 0 Å². The largest absolute Gasteiger partial charge is 0.395 e. The Bertz CT molecular complexity index is 1160. The molecule has 3 heterocycles. The number of benzene rings is 1. The van der Waals surface area contributed by atoms with E-state index in [0.29, 0.717) is 6.54 Å². The molecule has 4 rings (SSSR count). The fraction of sp³-hybridized carbons (Fsp3) is 0.280. The van der Waals surface area contributed by atoms with Crippen molar-refractivity contribution in [2.24, 2.45) is 0 Å². The molecule has 7 heteroatoms. The first-order chi connectivity index (χ1) is 15.5. The van der Waals surface area contributed by atoms with E-state index in [4.69, 9.17) is 10.1 Å². The van der Waals surface area contributed by atoms with Crippen LogP contribution in [0.2, 0.25) is 0 Å².